The summed E-state index contributed by atoms with van der Waals surface area (Å²) >= 11 is 11.6. The van der Waals surface area contributed by atoms with Crippen LogP contribution in [0.1, 0.15) is 27.2 Å². The number of amides is 1. The number of carbonyl (C=O) groups is 1. The molecule has 0 aliphatic carbocycles. The van der Waals surface area contributed by atoms with Gasteiger partial charge in [-0.2, -0.15) is 0 Å². The van der Waals surface area contributed by atoms with Crippen molar-refractivity contribution in [3.05, 3.63) is 28.2 Å². The highest BCUT2D eigenvalue weighted by Gasteiger charge is 2.21. The fourth-order valence-corrected chi connectivity index (χ4v) is 3.59. The van der Waals surface area contributed by atoms with E-state index in [0.717, 1.165) is 0 Å². The molecule has 1 rings (SSSR count). The van der Waals surface area contributed by atoms with Gasteiger partial charge in [0.25, 0.3) is 0 Å². The SMILES string of the molecule is CC(C)(C)NC(=O)CCS(=O)(=O)c1cc(Cl)ccc1Cl. The number of benzene rings is 1. The number of hydrogen-bond donors (Lipinski definition) is 1. The number of rotatable bonds is 4. The van der Waals surface area contributed by atoms with Crippen molar-refractivity contribution in [1.29, 1.82) is 0 Å². The summed E-state index contributed by atoms with van der Waals surface area (Å²) in [5, 5.41) is 3.09. The lowest BCUT2D eigenvalue weighted by atomic mass is 10.1. The standard InChI is InChI=1S/C13H17Cl2NO3S/c1-13(2,3)16-12(17)6-7-20(18,19)11-8-9(14)4-5-10(11)15/h4-5,8H,6-7H2,1-3H3,(H,16,17). The van der Waals surface area contributed by atoms with E-state index in [-0.39, 0.29) is 33.0 Å². The van der Waals surface area contributed by atoms with E-state index >= 15 is 0 Å². The van der Waals surface area contributed by atoms with E-state index in [0.29, 0.717) is 0 Å². The second kappa shape index (κ2) is 6.33. The first-order valence-corrected chi connectivity index (χ1v) is 8.41. The van der Waals surface area contributed by atoms with Gasteiger partial charge in [-0.25, -0.2) is 8.42 Å². The van der Waals surface area contributed by atoms with E-state index in [9.17, 15) is 13.2 Å². The first kappa shape index (κ1) is 17.3. The van der Waals surface area contributed by atoms with Crippen LogP contribution in [0.2, 0.25) is 10.0 Å². The third-order valence-corrected chi connectivity index (χ3v) is 4.77. The van der Waals surface area contributed by atoms with Crippen LogP contribution >= 0.6 is 23.2 Å². The molecule has 0 fully saturated rings. The van der Waals surface area contributed by atoms with Crippen LogP contribution in [-0.2, 0) is 14.6 Å². The summed E-state index contributed by atoms with van der Waals surface area (Å²) in [5.41, 5.74) is -0.394. The zero-order valence-electron chi connectivity index (χ0n) is 11.5. The third kappa shape index (κ3) is 5.31. The summed E-state index contributed by atoms with van der Waals surface area (Å²) in [6.07, 6.45) is -0.123. The lowest BCUT2D eigenvalue weighted by molar-refractivity contribution is -0.122. The molecule has 0 bridgehead atoms. The largest absolute Gasteiger partial charge is 0.351 e. The molecule has 1 aromatic rings. The van der Waals surface area contributed by atoms with Gasteiger partial charge in [-0.05, 0) is 39.0 Å². The monoisotopic (exact) mass is 337 g/mol. The van der Waals surface area contributed by atoms with Gasteiger partial charge in [0.1, 0.15) is 0 Å². The van der Waals surface area contributed by atoms with Crippen molar-refractivity contribution in [1.82, 2.24) is 5.32 Å². The molecule has 20 heavy (non-hydrogen) atoms. The third-order valence-electron chi connectivity index (χ3n) is 2.34. The first-order valence-electron chi connectivity index (χ1n) is 6.00. The molecular formula is C13H17Cl2NO3S. The molecule has 0 aliphatic rings. The minimum absolute atomic E-state index is 0.0461. The fourth-order valence-electron chi connectivity index (χ4n) is 1.53. The first-order chi connectivity index (χ1) is 9.01. The number of hydrogen-bond acceptors (Lipinski definition) is 3. The van der Waals surface area contributed by atoms with Crippen LogP contribution in [0.25, 0.3) is 0 Å². The molecule has 0 aliphatic heterocycles. The Hall–Kier alpha value is -0.780. The van der Waals surface area contributed by atoms with E-state index in [1.165, 1.54) is 18.2 Å². The maximum atomic E-state index is 12.2. The van der Waals surface area contributed by atoms with Gasteiger partial charge in [0.05, 0.1) is 15.7 Å². The Labute approximate surface area is 129 Å². The van der Waals surface area contributed by atoms with Gasteiger partial charge in [0.15, 0.2) is 9.84 Å². The summed E-state index contributed by atoms with van der Waals surface area (Å²) in [4.78, 5) is 11.6. The molecule has 0 saturated heterocycles. The molecule has 7 heteroatoms. The smallest absolute Gasteiger partial charge is 0.221 e. The molecule has 0 aromatic heterocycles. The van der Waals surface area contributed by atoms with Crippen LogP contribution in [0.4, 0.5) is 0 Å². The Bertz CT molecular complexity index is 607. The Kier molecular flexibility index (Phi) is 5.46. The second-order valence-electron chi connectivity index (χ2n) is 5.44. The van der Waals surface area contributed by atoms with Crippen LogP contribution in [0.5, 0.6) is 0 Å². The molecule has 0 heterocycles. The van der Waals surface area contributed by atoms with Crippen molar-refractivity contribution in [3.8, 4) is 0 Å². The van der Waals surface area contributed by atoms with Crippen LogP contribution in [0, 0.1) is 0 Å². The zero-order chi connectivity index (χ0) is 15.6. The molecule has 1 N–H and O–H groups in total. The minimum atomic E-state index is -3.64. The fraction of sp³-hybridized carbons (Fsp3) is 0.462. The van der Waals surface area contributed by atoms with Crippen LogP contribution < -0.4 is 5.32 Å². The maximum absolute atomic E-state index is 12.2. The van der Waals surface area contributed by atoms with Gasteiger partial charge in [-0.3, -0.25) is 4.79 Å². The van der Waals surface area contributed by atoms with Crippen molar-refractivity contribution >= 4 is 38.9 Å². The van der Waals surface area contributed by atoms with Gasteiger partial charge < -0.3 is 5.32 Å². The molecule has 1 amide bonds. The van der Waals surface area contributed by atoms with E-state index in [2.05, 4.69) is 5.32 Å². The topological polar surface area (TPSA) is 63.2 Å². The summed E-state index contributed by atoms with van der Waals surface area (Å²) in [6.45, 7) is 5.48. The number of carbonyl (C=O) groups excluding carboxylic acids is 1. The highest BCUT2D eigenvalue weighted by atomic mass is 35.5. The van der Waals surface area contributed by atoms with Gasteiger partial charge in [0, 0.05) is 17.0 Å². The van der Waals surface area contributed by atoms with Gasteiger partial charge in [-0.1, -0.05) is 23.2 Å². The molecule has 0 radical (unpaired) electrons. The van der Waals surface area contributed by atoms with E-state index in [4.69, 9.17) is 23.2 Å². The maximum Gasteiger partial charge on any atom is 0.221 e. The minimum Gasteiger partial charge on any atom is -0.351 e. The molecule has 0 spiro atoms. The van der Waals surface area contributed by atoms with Crippen molar-refractivity contribution in [2.75, 3.05) is 5.75 Å². The number of nitrogens with one attached hydrogen (secondary N) is 1. The van der Waals surface area contributed by atoms with E-state index in [1.807, 2.05) is 20.8 Å². The Morgan fingerprint density at radius 2 is 1.85 bits per heavy atom. The van der Waals surface area contributed by atoms with Crippen LogP contribution in [0.15, 0.2) is 23.1 Å². The van der Waals surface area contributed by atoms with Gasteiger partial charge >= 0.3 is 0 Å². The zero-order valence-corrected chi connectivity index (χ0v) is 13.9. The average molecular weight is 338 g/mol. The summed E-state index contributed by atoms with van der Waals surface area (Å²) in [7, 11) is -3.64. The molecule has 1 aromatic carbocycles. The van der Waals surface area contributed by atoms with E-state index < -0.39 is 15.4 Å². The molecule has 112 valence electrons. The lowest BCUT2D eigenvalue weighted by Gasteiger charge is -2.20. The molecule has 0 saturated carbocycles. The van der Waals surface area contributed by atoms with Crippen LogP contribution in [-0.4, -0.2) is 25.6 Å². The number of sulfone groups is 1. The van der Waals surface area contributed by atoms with Crippen LogP contribution in [0.3, 0.4) is 0 Å². The Balaban J connectivity index is 2.81. The van der Waals surface area contributed by atoms with Crippen molar-refractivity contribution in [2.45, 2.75) is 37.6 Å². The van der Waals surface area contributed by atoms with E-state index in [1.54, 1.807) is 0 Å². The second-order valence-corrected chi connectivity index (χ2v) is 8.36. The Morgan fingerprint density at radius 1 is 1.25 bits per heavy atom. The number of halogens is 2. The average Bonchev–Trinajstić information content (AvgIpc) is 2.27. The Morgan fingerprint density at radius 3 is 2.40 bits per heavy atom. The predicted octanol–water partition coefficient (Wildman–Crippen LogP) is 3.07. The summed E-state index contributed by atoms with van der Waals surface area (Å²) in [6, 6.07) is 4.22. The van der Waals surface area contributed by atoms with Crippen molar-refractivity contribution in [3.63, 3.8) is 0 Å². The lowest BCUT2D eigenvalue weighted by Crippen LogP contribution is -2.41. The molecule has 4 nitrogen and oxygen atoms in total. The highest BCUT2D eigenvalue weighted by Crippen LogP contribution is 2.26. The van der Waals surface area contributed by atoms with Crippen molar-refractivity contribution < 1.29 is 13.2 Å². The molecular weight excluding hydrogens is 321 g/mol. The van der Waals surface area contributed by atoms with Gasteiger partial charge in [0.2, 0.25) is 5.91 Å². The highest BCUT2D eigenvalue weighted by molar-refractivity contribution is 7.91. The van der Waals surface area contributed by atoms with Crippen molar-refractivity contribution in [2.24, 2.45) is 0 Å². The normalized spacial score (nSPS) is 12.2. The quantitative estimate of drug-likeness (QED) is 0.918. The molecule has 0 unspecified atom stereocenters. The molecule has 0 atom stereocenters. The summed E-state index contributed by atoms with van der Waals surface area (Å²) in [5.74, 6) is -0.631. The van der Waals surface area contributed by atoms with Gasteiger partial charge in [-0.15, -0.1) is 0 Å². The predicted molar refractivity (Wildman–Crippen MR) is 81.0 cm³/mol. The summed E-state index contributed by atoms with van der Waals surface area (Å²) < 4.78 is 24.3.